The van der Waals surface area contributed by atoms with Gasteiger partial charge < -0.3 is 5.32 Å². The summed E-state index contributed by atoms with van der Waals surface area (Å²) in [5.74, 6) is 1.04. The Morgan fingerprint density at radius 3 is 2.29 bits per heavy atom. The lowest BCUT2D eigenvalue weighted by Gasteiger charge is -2.11. The van der Waals surface area contributed by atoms with Gasteiger partial charge in [-0.15, -0.1) is 11.6 Å². The summed E-state index contributed by atoms with van der Waals surface area (Å²) >= 11 is 5.73. The third kappa shape index (κ3) is 3.72. The molecule has 112 valence electrons. The molecule has 1 aromatic carbocycles. The van der Waals surface area contributed by atoms with Crippen LogP contribution in [0.3, 0.4) is 0 Å². The zero-order valence-electron chi connectivity index (χ0n) is 11.7. The number of sulfonamides is 1. The number of aromatic nitrogens is 1. The van der Waals surface area contributed by atoms with Gasteiger partial charge in [-0.25, -0.2) is 17.7 Å². The minimum Gasteiger partial charge on any atom is -0.340 e. The maximum atomic E-state index is 11.9. The van der Waals surface area contributed by atoms with E-state index in [0.717, 1.165) is 15.6 Å². The van der Waals surface area contributed by atoms with Gasteiger partial charge in [0.1, 0.15) is 10.7 Å². The highest BCUT2D eigenvalue weighted by molar-refractivity contribution is 7.89. The topological polar surface area (TPSA) is 62.3 Å². The quantitative estimate of drug-likeness (QED) is 0.859. The molecule has 0 aliphatic heterocycles. The maximum absolute atomic E-state index is 11.9. The molecule has 21 heavy (non-hydrogen) atoms. The molecule has 0 radical (unpaired) electrons. The van der Waals surface area contributed by atoms with Gasteiger partial charge in [0, 0.05) is 31.9 Å². The zero-order chi connectivity index (χ0) is 15.5. The fourth-order valence-corrected chi connectivity index (χ4v) is 2.67. The number of anilines is 2. The van der Waals surface area contributed by atoms with Crippen LogP contribution >= 0.6 is 11.6 Å². The van der Waals surface area contributed by atoms with Gasteiger partial charge in [-0.05, 0) is 29.8 Å². The van der Waals surface area contributed by atoms with Gasteiger partial charge in [0.25, 0.3) is 0 Å². The highest BCUT2D eigenvalue weighted by atomic mass is 35.5. The lowest BCUT2D eigenvalue weighted by Crippen LogP contribution is -2.22. The molecular formula is C14H16ClN3O2S. The Kier molecular flexibility index (Phi) is 4.82. The highest BCUT2D eigenvalue weighted by Gasteiger charge is 2.17. The second-order valence-corrected chi connectivity index (χ2v) is 7.04. The van der Waals surface area contributed by atoms with E-state index in [2.05, 4.69) is 10.3 Å². The molecule has 0 unspecified atom stereocenters. The Balaban J connectivity index is 2.15. The minimum absolute atomic E-state index is 0.163. The summed E-state index contributed by atoms with van der Waals surface area (Å²) in [6.45, 7) is 0. The summed E-state index contributed by atoms with van der Waals surface area (Å²) in [4.78, 5) is 4.28. The van der Waals surface area contributed by atoms with Crippen molar-refractivity contribution in [3.05, 3.63) is 48.2 Å². The van der Waals surface area contributed by atoms with E-state index in [-0.39, 0.29) is 4.90 Å². The number of alkyl halides is 1. The lowest BCUT2D eigenvalue weighted by molar-refractivity contribution is 0.520. The van der Waals surface area contributed by atoms with Gasteiger partial charge in [-0.3, -0.25) is 0 Å². The molecule has 0 saturated heterocycles. The zero-order valence-corrected chi connectivity index (χ0v) is 13.3. The van der Waals surface area contributed by atoms with Crippen molar-refractivity contribution < 1.29 is 8.42 Å². The maximum Gasteiger partial charge on any atom is 0.244 e. The number of hydrogen-bond donors (Lipinski definition) is 1. The Hall–Kier alpha value is -1.63. The first-order chi connectivity index (χ1) is 9.93. The van der Waals surface area contributed by atoms with Crippen molar-refractivity contribution in [2.45, 2.75) is 10.8 Å². The van der Waals surface area contributed by atoms with Crippen LogP contribution in [0.25, 0.3) is 0 Å². The van der Waals surface area contributed by atoms with Gasteiger partial charge in [0.05, 0.1) is 0 Å². The Bertz CT molecular complexity index is 698. The Morgan fingerprint density at radius 2 is 1.81 bits per heavy atom. The summed E-state index contributed by atoms with van der Waals surface area (Å²) in [6, 6.07) is 10.8. The Labute approximate surface area is 129 Å². The first kappa shape index (κ1) is 15.8. The summed E-state index contributed by atoms with van der Waals surface area (Å²) < 4.78 is 25.0. The van der Waals surface area contributed by atoms with Crippen LogP contribution in [0.2, 0.25) is 0 Å². The molecule has 0 aliphatic carbocycles. The Morgan fingerprint density at radius 1 is 1.14 bits per heavy atom. The molecule has 0 saturated carbocycles. The molecule has 0 bridgehead atoms. The molecule has 1 N–H and O–H groups in total. The molecule has 7 heteroatoms. The summed E-state index contributed by atoms with van der Waals surface area (Å²) in [5.41, 5.74) is 1.89. The van der Waals surface area contributed by atoms with Crippen LogP contribution in [-0.2, 0) is 15.9 Å². The smallest absolute Gasteiger partial charge is 0.244 e. The molecule has 1 heterocycles. The minimum atomic E-state index is -3.45. The second-order valence-electron chi connectivity index (χ2n) is 4.62. The van der Waals surface area contributed by atoms with Crippen molar-refractivity contribution >= 4 is 33.1 Å². The largest absolute Gasteiger partial charge is 0.340 e. The second kappa shape index (κ2) is 6.43. The highest BCUT2D eigenvalue weighted by Crippen LogP contribution is 2.18. The van der Waals surface area contributed by atoms with E-state index in [9.17, 15) is 8.42 Å². The van der Waals surface area contributed by atoms with Crippen molar-refractivity contribution in [3.63, 3.8) is 0 Å². The predicted molar refractivity (Wildman–Crippen MR) is 84.4 cm³/mol. The van der Waals surface area contributed by atoms with E-state index in [1.165, 1.54) is 26.4 Å². The number of benzene rings is 1. The van der Waals surface area contributed by atoms with Crippen LogP contribution < -0.4 is 5.32 Å². The molecule has 2 rings (SSSR count). The first-order valence-corrected chi connectivity index (χ1v) is 8.21. The lowest BCUT2D eigenvalue weighted by atomic mass is 10.2. The number of rotatable bonds is 5. The number of pyridine rings is 1. The van der Waals surface area contributed by atoms with E-state index in [1.807, 2.05) is 24.3 Å². The monoisotopic (exact) mass is 325 g/mol. The molecule has 0 atom stereocenters. The number of hydrogen-bond acceptors (Lipinski definition) is 4. The van der Waals surface area contributed by atoms with Crippen LogP contribution in [-0.4, -0.2) is 31.8 Å². The third-order valence-electron chi connectivity index (χ3n) is 2.90. The van der Waals surface area contributed by atoms with Crippen LogP contribution in [0.1, 0.15) is 5.56 Å². The van der Waals surface area contributed by atoms with Gasteiger partial charge in [0.2, 0.25) is 10.0 Å². The van der Waals surface area contributed by atoms with Crippen LogP contribution in [0.5, 0.6) is 0 Å². The van der Waals surface area contributed by atoms with E-state index < -0.39 is 10.0 Å². The fraction of sp³-hybridized carbons (Fsp3) is 0.214. The average Bonchev–Trinajstić information content (AvgIpc) is 2.48. The molecule has 2 aromatic rings. The fourth-order valence-electron chi connectivity index (χ4n) is 1.64. The summed E-state index contributed by atoms with van der Waals surface area (Å²) in [5, 5.41) is 3.10. The molecule has 1 aromatic heterocycles. The van der Waals surface area contributed by atoms with Crippen molar-refractivity contribution in [3.8, 4) is 0 Å². The van der Waals surface area contributed by atoms with Crippen molar-refractivity contribution in [1.82, 2.24) is 9.29 Å². The van der Waals surface area contributed by atoms with Crippen LogP contribution in [0.4, 0.5) is 11.5 Å². The van der Waals surface area contributed by atoms with Crippen molar-refractivity contribution in [1.29, 1.82) is 0 Å². The van der Waals surface area contributed by atoms with E-state index in [0.29, 0.717) is 11.7 Å². The van der Waals surface area contributed by atoms with Gasteiger partial charge in [-0.1, -0.05) is 12.1 Å². The predicted octanol–water partition coefficient (Wildman–Crippen LogP) is 2.81. The van der Waals surface area contributed by atoms with Gasteiger partial charge in [-0.2, -0.15) is 0 Å². The third-order valence-corrected chi connectivity index (χ3v) is 5.00. The standard InChI is InChI=1S/C14H16ClN3O2S/c1-18(2)21(19,20)13-7-8-14(16-10-13)17-12-5-3-11(9-15)4-6-12/h3-8,10H,9H2,1-2H3,(H,16,17). The van der Waals surface area contributed by atoms with Crippen LogP contribution in [0.15, 0.2) is 47.5 Å². The molecule has 5 nitrogen and oxygen atoms in total. The molecular weight excluding hydrogens is 310 g/mol. The first-order valence-electron chi connectivity index (χ1n) is 6.24. The molecule has 0 amide bonds. The van der Waals surface area contributed by atoms with E-state index >= 15 is 0 Å². The van der Waals surface area contributed by atoms with E-state index in [4.69, 9.17) is 11.6 Å². The number of nitrogens with one attached hydrogen (secondary N) is 1. The van der Waals surface area contributed by atoms with Gasteiger partial charge >= 0.3 is 0 Å². The molecule has 0 aliphatic rings. The number of nitrogens with zero attached hydrogens (tertiary/aromatic N) is 2. The number of halogens is 1. The molecule has 0 fully saturated rings. The van der Waals surface area contributed by atoms with Crippen LogP contribution in [0, 0.1) is 0 Å². The summed E-state index contributed by atoms with van der Waals surface area (Å²) in [7, 11) is -0.475. The molecule has 0 spiro atoms. The van der Waals surface area contributed by atoms with Crippen molar-refractivity contribution in [2.24, 2.45) is 0 Å². The van der Waals surface area contributed by atoms with Gasteiger partial charge in [0.15, 0.2) is 0 Å². The normalized spacial score (nSPS) is 11.6. The average molecular weight is 326 g/mol. The van der Waals surface area contributed by atoms with E-state index in [1.54, 1.807) is 6.07 Å². The van der Waals surface area contributed by atoms with Crippen molar-refractivity contribution in [2.75, 3.05) is 19.4 Å². The summed E-state index contributed by atoms with van der Waals surface area (Å²) in [6.07, 6.45) is 1.34. The SMILES string of the molecule is CN(C)S(=O)(=O)c1ccc(Nc2ccc(CCl)cc2)nc1.